The van der Waals surface area contributed by atoms with Gasteiger partial charge in [0, 0.05) is 18.6 Å². The van der Waals surface area contributed by atoms with E-state index in [1.165, 1.54) is 12.1 Å². The molecule has 1 unspecified atom stereocenters. The summed E-state index contributed by atoms with van der Waals surface area (Å²) in [6, 6.07) is 14.6. The Morgan fingerprint density at radius 1 is 1.26 bits per heavy atom. The summed E-state index contributed by atoms with van der Waals surface area (Å²) in [7, 11) is 0. The molecule has 23 heavy (non-hydrogen) atoms. The van der Waals surface area contributed by atoms with Crippen LogP contribution in [0.3, 0.4) is 0 Å². The largest absolute Gasteiger partial charge is 0.383 e. The Balaban J connectivity index is 1.85. The summed E-state index contributed by atoms with van der Waals surface area (Å²) in [6.07, 6.45) is 0.874. The Kier molecular flexibility index (Phi) is 4.31. The molecule has 1 atom stereocenters. The van der Waals surface area contributed by atoms with Crippen molar-refractivity contribution in [1.29, 1.82) is 5.26 Å². The summed E-state index contributed by atoms with van der Waals surface area (Å²) in [4.78, 5) is 0. The Morgan fingerprint density at radius 2 is 2.04 bits per heavy atom. The molecule has 0 bridgehead atoms. The summed E-state index contributed by atoms with van der Waals surface area (Å²) in [6.45, 7) is 3.94. The predicted octanol–water partition coefficient (Wildman–Crippen LogP) is 3.78. The second kappa shape index (κ2) is 6.39. The molecule has 0 aliphatic carbocycles. The molecule has 1 saturated heterocycles. The first-order chi connectivity index (χ1) is 11.1. The molecule has 118 valence electrons. The van der Waals surface area contributed by atoms with E-state index in [-0.39, 0.29) is 11.2 Å². The zero-order chi connectivity index (χ0) is 16.3. The van der Waals surface area contributed by atoms with Crippen molar-refractivity contribution in [2.45, 2.75) is 18.8 Å². The van der Waals surface area contributed by atoms with Gasteiger partial charge in [-0.2, -0.15) is 5.26 Å². The van der Waals surface area contributed by atoms with E-state index < -0.39 is 0 Å². The van der Waals surface area contributed by atoms with E-state index in [9.17, 15) is 9.65 Å². The van der Waals surface area contributed by atoms with E-state index >= 15 is 0 Å². The first-order valence-corrected chi connectivity index (χ1v) is 7.71. The fourth-order valence-electron chi connectivity index (χ4n) is 3.05. The molecule has 0 radical (unpaired) electrons. The highest BCUT2D eigenvalue weighted by atomic mass is 19.1. The normalized spacial score (nSPS) is 20.2. The lowest BCUT2D eigenvalue weighted by atomic mass is 9.79. The molecule has 4 heteroatoms. The number of rotatable bonds is 4. The van der Waals surface area contributed by atoms with Crippen LogP contribution in [0.1, 0.15) is 23.1 Å². The van der Waals surface area contributed by atoms with Gasteiger partial charge in [-0.15, -0.1) is 0 Å². The van der Waals surface area contributed by atoms with Gasteiger partial charge in [-0.05, 0) is 48.7 Å². The molecule has 2 aromatic rings. The molecule has 2 aromatic carbocycles. The third-order valence-corrected chi connectivity index (χ3v) is 4.47. The Hall–Kier alpha value is -2.38. The predicted molar refractivity (Wildman–Crippen MR) is 87.9 cm³/mol. The molecule has 3 rings (SSSR count). The monoisotopic (exact) mass is 310 g/mol. The lowest BCUT2D eigenvalue weighted by Crippen LogP contribution is -2.35. The third-order valence-electron chi connectivity index (χ3n) is 4.47. The maximum absolute atomic E-state index is 13.2. The van der Waals surface area contributed by atoms with Crippen LogP contribution in [-0.4, -0.2) is 19.8 Å². The highest BCUT2D eigenvalue weighted by Gasteiger charge is 2.36. The number of benzene rings is 2. The highest BCUT2D eigenvalue weighted by molar-refractivity contribution is 5.59. The van der Waals surface area contributed by atoms with Gasteiger partial charge < -0.3 is 10.1 Å². The minimum atomic E-state index is -0.235. The smallest absolute Gasteiger partial charge is 0.123 e. The zero-order valence-corrected chi connectivity index (χ0v) is 13.1. The number of nitrogens with one attached hydrogen (secondary N) is 1. The van der Waals surface area contributed by atoms with Crippen LogP contribution in [-0.2, 0) is 10.2 Å². The average molecular weight is 310 g/mol. The van der Waals surface area contributed by atoms with Crippen molar-refractivity contribution in [3.63, 3.8) is 0 Å². The lowest BCUT2D eigenvalue weighted by Gasteiger charge is -2.29. The van der Waals surface area contributed by atoms with Crippen molar-refractivity contribution in [3.05, 3.63) is 65.0 Å². The van der Waals surface area contributed by atoms with E-state index in [4.69, 9.17) is 4.74 Å². The number of halogens is 1. The maximum atomic E-state index is 13.2. The molecule has 0 amide bonds. The van der Waals surface area contributed by atoms with Crippen LogP contribution >= 0.6 is 0 Å². The van der Waals surface area contributed by atoms with Crippen molar-refractivity contribution in [3.8, 4) is 6.07 Å². The first-order valence-electron chi connectivity index (χ1n) is 7.71. The van der Waals surface area contributed by atoms with Gasteiger partial charge in [0.15, 0.2) is 0 Å². The molecule has 1 aliphatic rings. The molecule has 1 fully saturated rings. The molecule has 1 aliphatic heterocycles. The molecular formula is C19H19FN2O. The summed E-state index contributed by atoms with van der Waals surface area (Å²) in [5.41, 5.74) is 3.44. The summed E-state index contributed by atoms with van der Waals surface area (Å²) < 4.78 is 18.8. The quantitative estimate of drug-likeness (QED) is 0.935. The highest BCUT2D eigenvalue weighted by Crippen LogP contribution is 2.34. The van der Waals surface area contributed by atoms with Crippen LogP contribution in [0.5, 0.6) is 0 Å². The van der Waals surface area contributed by atoms with Gasteiger partial charge >= 0.3 is 0 Å². The van der Waals surface area contributed by atoms with Gasteiger partial charge in [-0.3, -0.25) is 0 Å². The van der Waals surface area contributed by atoms with E-state index in [1.807, 2.05) is 37.3 Å². The van der Waals surface area contributed by atoms with Crippen LogP contribution in [0.15, 0.2) is 42.5 Å². The van der Waals surface area contributed by atoms with Crippen LogP contribution in [0.25, 0.3) is 0 Å². The number of aryl methyl sites for hydroxylation is 1. The van der Waals surface area contributed by atoms with E-state index in [1.54, 1.807) is 0 Å². The number of anilines is 1. The number of nitriles is 1. The standard InChI is InChI=1S/C19H19FN2O/c1-14-2-3-15(11-21)18(10-14)22-12-19(8-9-23-13-19)16-4-6-17(20)7-5-16/h2-7,10,22H,8-9,12-13H2,1H3. The molecular weight excluding hydrogens is 291 g/mol. The second-order valence-electron chi connectivity index (χ2n) is 6.10. The van der Waals surface area contributed by atoms with Gasteiger partial charge in [0.05, 0.1) is 17.9 Å². The van der Waals surface area contributed by atoms with Gasteiger partial charge in [0.2, 0.25) is 0 Å². The average Bonchev–Trinajstić information content (AvgIpc) is 3.04. The molecule has 0 spiro atoms. The topological polar surface area (TPSA) is 45.0 Å². The molecule has 0 aromatic heterocycles. The van der Waals surface area contributed by atoms with Crippen molar-refractivity contribution in [2.24, 2.45) is 0 Å². The number of hydrogen-bond donors (Lipinski definition) is 1. The van der Waals surface area contributed by atoms with Crippen molar-refractivity contribution >= 4 is 5.69 Å². The number of hydrogen-bond acceptors (Lipinski definition) is 3. The van der Waals surface area contributed by atoms with Crippen molar-refractivity contribution in [2.75, 3.05) is 25.1 Å². The maximum Gasteiger partial charge on any atom is 0.123 e. The minimum Gasteiger partial charge on any atom is -0.383 e. The van der Waals surface area contributed by atoms with E-state index in [2.05, 4.69) is 11.4 Å². The summed E-state index contributed by atoms with van der Waals surface area (Å²) in [5, 5.41) is 12.7. The molecule has 3 nitrogen and oxygen atoms in total. The van der Waals surface area contributed by atoms with E-state index in [0.29, 0.717) is 25.3 Å². The molecule has 0 saturated carbocycles. The van der Waals surface area contributed by atoms with Crippen LogP contribution < -0.4 is 5.32 Å². The summed E-state index contributed by atoms with van der Waals surface area (Å²) >= 11 is 0. The van der Waals surface area contributed by atoms with Gasteiger partial charge in [0.25, 0.3) is 0 Å². The third kappa shape index (κ3) is 3.20. The van der Waals surface area contributed by atoms with Crippen LogP contribution in [0.2, 0.25) is 0 Å². The van der Waals surface area contributed by atoms with Gasteiger partial charge in [0.1, 0.15) is 11.9 Å². The Morgan fingerprint density at radius 3 is 2.70 bits per heavy atom. The van der Waals surface area contributed by atoms with Crippen molar-refractivity contribution in [1.82, 2.24) is 0 Å². The molecule has 1 N–H and O–H groups in total. The first kappa shape index (κ1) is 15.5. The fourth-order valence-corrected chi connectivity index (χ4v) is 3.05. The summed E-state index contributed by atoms with van der Waals surface area (Å²) in [5.74, 6) is -0.235. The van der Waals surface area contributed by atoms with Crippen molar-refractivity contribution < 1.29 is 9.13 Å². The van der Waals surface area contributed by atoms with Crippen LogP contribution in [0, 0.1) is 24.1 Å². The van der Waals surface area contributed by atoms with Gasteiger partial charge in [-0.25, -0.2) is 4.39 Å². The SMILES string of the molecule is Cc1ccc(C#N)c(NCC2(c3ccc(F)cc3)CCOC2)c1. The van der Waals surface area contributed by atoms with Crippen LogP contribution in [0.4, 0.5) is 10.1 Å². The number of ether oxygens (including phenoxy) is 1. The van der Waals surface area contributed by atoms with E-state index in [0.717, 1.165) is 23.2 Å². The Labute approximate surface area is 135 Å². The zero-order valence-electron chi connectivity index (χ0n) is 13.1. The minimum absolute atomic E-state index is 0.190. The fraction of sp³-hybridized carbons (Fsp3) is 0.316. The number of nitrogens with zero attached hydrogens (tertiary/aromatic N) is 1. The Bertz CT molecular complexity index is 728. The lowest BCUT2D eigenvalue weighted by molar-refractivity contribution is 0.179. The molecule has 1 heterocycles. The van der Waals surface area contributed by atoms with Gasteiger partial charge in [-0.1, -0.05) is 18.2 Å². The second-order valence-corrected chi connectivity index (χ2v) is 6.10.